The lowest BCUT2D eigenvalue weighted by Crippen LogP contribution is -2.46. The van der Waals surface area contributed by atoms with E-state index in [0.717, 1.165) is 18.4 Å². The van der Waals surface area contributed by atoms with Gasteiger partial charge in [0.1, 0.15) is 5.76 Å². The highest BCUT2D eigenvalue weighted by molar-refractivity contribution is 5.81. The van der Waals surface area contributed by atoms with Crippen LogP contribution in [-0.2, 0) is 4.79 Å². The van der Waals surface area contributed by atoms with Crippen molar-refractivity contribution in [2.75, 3.05) is 0 Å². The van der Waals surface area contributed by atoms with Gasteiger partial charge in [-0.2, -0.15) is 0 Å². The van der Waals surface area contributed by atoms with Gasteiger partial charge in [-0.15, -0.1) is 0 Å². The normalized spacial score (nSPS) is 28.5. The molecule has 0 saturated carbocycles. The number of hydrogen-bond donors (Lipinski definition) is 3. The fourth-order valence-corrected chi connectivity index (χ4v) is 2.16. The zero-order valence-electron chi connectivity index (χ0n) is 10.3. The maximum absolute atomic E-state index is 11.1. The van der Waals surface area contributed by atoms with Crippen LogP contribution in [-0.4, -0.2) is 26.9 Å². The van der Waals surface area contributed by atoms with Crippen molar-refractivity contribution in [3.63, 3.8) is 0 Å². The summed E-state index contributed by atoms with van der Waals surface area (Å²) in [6, 6.07) is 0. The number of carboxylic acid groups (broad SMARTS) is 1. The lowest BCUT2D eigenvalue weighted by molar-refractivity contribution is -0.158. The number of carbonyl (C=O) groups is 1. The molecule has 4 nitrogen and oxygen atoms in total. The second kappa shape index (κ2) is 5.36. The smallest absolute Gasteiger partial charge is 0.340 e. The predicted molar refractivity (Wildman–Crippen MR) is 64.7 cm³/mol. The summed E-state index contributed by atoms with van der Waals surface area (Å²) in [4.78, 5) is 11.1. The number of hydrogen-bond acceptors (Lipinski definition) is 3. The van der Waals surface area contributed by atoms with Crippen LogP contribution in [0, 0.1) is 5.92 Å². The first-order chi connectivity index (χ1) is 7.97. The summed E-state index contributed by atoms with van der Waals surface area (Å²) in [6.45, 7) is 3.81. The van der Waals surface area contributed by atoms with Gasteiger partial charge in [0, 0.05) is 0 Å². The molecule has 0 aromatic carbocycles. The SMILES string of the molecule is CCCCC1=C(O)C(CC)C(O)(C(=O)O)C=C1. The predicted octanol–water partition coefficient (Wildman–Crippen LogP) is 2.40. The van der Waals surface area contributed by atoms with Crippen LogP contribution in [0.2, 0.25) is 0 Å². The highest BCUT2D eigenvalue weighted by Gasteiger charge is 2.45. The van der Waals surface area contributed by atoms with E-state index in [1.54, 1.807) is 6.92 Å². The largest absolute Gasteiger partial charge is 0.512 e. The third-order valence-corrected chi connectivity index (χ3v) is 3.28. The van der Waals surface area contributed by atoms with E-state index in [2.05, 4.69) is 6.92 Å². The molecule has 1 aliphatic rings. The molecule has 0 heterocycles. The van der Waals surface area contributed by atoms with Gasteiger partial charge in [-0.3, -0.25) is 0 Å². The van der Waals surface area contributed by atoms with Gasteiger partial charge in [-0.25, -0.2) is 4.79 Å². The number of aliphatic hydroxyl groups excluding tert-OH is 1. The van der Waals surface area contributed by atoms with Crippen LogP contribution in [0.1, 0.15) is 39.5 Å². The van der Waals surface area contributed by atoms with E-state index in [0.29, 0.717) is 12.8 Å². The maximum atomic E-state index is 11.1. The van der Waals surface area contributed by atoms with Crippen LogP contribution in [0.3, 0.4) is 0 Å². The third kappa shape index (κ3) is 2.52. The van der Waals surface area contributed by atoms with E-state index in [4.69, 9.17) is 5.11 Å². The van der Waals surface area contributed by atoms with Crippen LogP contribution in [0.15, 0.2) is 23.5 Å². The van der Waals surface area contributed by atoms with Crippen LogP contribution in [0.5, 0.6) is 0 Å². The average Bonchev–Trinajstić information content (AvgIpc) is 2.28. The minimum Gasteiger partial charge on any atom is -0.512 e. The zero-order valence-corrected chi connectivity index (χ0v) is 10.3. The molecule has 0 radical (unpaired) electrons. The minimum atomic E-state index is -1.98. The van der Waals surface area contributed by atoms with Crippen LogP contribution in [0.25, 0.3) is 0 Å². The first-order valence-corrected chi connectivity index (χ1v) is 6.04. The number of aliphatic carboxylic acids is 1. The van der Waals surface area contributed by atoms with Gasteiger partial charge in [0.05, 0.1) is 5.92 Å². The fraction of sp³-hybridized carbons (Fsp3) is 0.615. The molecule has 0 spiro atoms. The van der Waals surface area contributed by atoms with E-state index >= 15 is 0 Å². The van der Waals surface area contributed by atoms with Gasteiger partial charge in [0.2, 0.25) is 0 Å². The zero-order chi connectivity index (χ0) is 13.1. The molecule has 2 unspecified atom stereocenters. The fourth-order valence-electron chi connectivity index (χ4n) is 2.16. The summed E-state index contributed by atoms with van der Waals surface area (Å²) in [5.41, 5.74) is -1.24. The Labute approximate surface area is 101 Å². The maximum Gasteiger partial charge on any atom is 0.340 e. The Morgan fingerprint density at radius 1 is 1.47 bits per heavy atom. The molecule has 0 aromatic rings. The molecule has 0 fully saturated rings. The molecule has 17 heavy (non-hydrogen) atoms. The van der Waals surface area contributed by atoms with E-state index in [9.17, 15) is 15.0 Å². The van der Waals surface area contributed by atoms with Crippen LogP contribution >= 0.6 is 0 Å². The quantitative estimate of drug-likeness (QED) is 0.689. The van der Waals surface area contributed by atoms with E-state index in [-0.39, 0.29) is 5.76 Å². The first-order valence-electron chi connectivity index (χ1n) is 6.04. The number of rotatable bonds is 5. The lowest BCUT2D eigenvalue weighted by atomic mass is 9.77. The van der Waals surface area contributed by atoms with Crippen molar-refractivity contribution in [2.45, 2.75) is 45.1 Å². The summed E-state index contributed by atoms with van der Waals surface area (Å²) < 4.78 is 0. The number of carboxylic acids is 1. The Hall–Kier alpha value is -1.29. The molecule has 1 rings (SSSR count). The molecule has 0 bridgehead atoms. The van der Waals surface area contributed by atoms with Crippen molar-refractivity contribution in [3.8, 4) is 0 Å². The summed E-state index contributed by atoms with van der Waals surface area (Å²) >= 11 is 0. The monoisotopic (exact) mass is 240 g/mol. The Bertz CT molecular complexity index is 356. The first kappa shape index (κ1) is 13.8. The molecular weight excluding hydrogens is 220 g/mol. The summed E-state index contributed by atoms with van der Waals surface area (Å²) in [7, 11) is 0. The molecule has 1 aliphatic carbocycles. The number of aliphatic hydroxyl groups is 2. The van der Waals surface area contributed by atoms with E-state index in [1.807, 2.05) is 0 Å². The van der Waals surface area contributed by atoms with Crippen LogP contribution in [0.4, 0.5) is 0 Å². The van der Waals surface area contributed by atoms with Crippen molar-refractivity contribution in [1.82, 2.24) is 0 Å². The molecule has 0 amide bonds. The van der Waals surface area contributed by atoms with Gasteiger partial charge in [0.25, 0.3) is 0 Å². The molecule has 4 heteroatoms. The van der Waals surface area contributed by atoms with Crippen molar-refractivity contribution in [2.24, 2.45) is 5.92 Å². The molecule has 2 atom stereocenters. The third-order valence-electron chi connectivity index (χ3n) is 3.28. The van der Waals surface area contributed by atoms with Crippen molar-refractivity contribution in [1.29, 1.82) is 0 Å². The van der Waals surface area contributed by atoms with Gasteiger partial charge in [-0.1, -0.05) is 26.3 Å². The second-order valence-corrected chi connectivity index (χ2v) is 4.44. The lowest BCUT2D eigenvalue weighted by Gasteiger charge is -2.32. The van der Waals surface area contributed by atoms with E-state index < -0.39 is 17.5 Å². The van der Waals surface area contributed by atoms with Crippen molar-refractivity contribution in [3.05, 3.63) is 23.5 Å². The standard InChI is InChI=1S/C13H20O4/c1-3-5-6-9-7-8-13(17,12(15)16)10(4-2)11(9)14/h7-8,10,14,17H,3-6H2,1-2H3,(H,15,16). The van der Waals surface area contributed by atoms with Gasteiger partial charge < -0.3 is 15.3 Å². The Kier molecular flexibility index (Phi) is 4.34. The van der Waals surface area contributed by atoms with E-state index in [1.165, 1.54) is 12.2 Å². The Balaban J connectivity index is 3.01. The topological polar surface area (TPSA) is 77.8 Å². The number of allylic oxidation sites excluding steroid dienone is 2. The summed E-state index contributed by atoms with van der Waals surface area (Å²) in [6.07, 6.45) is 5.86. The second-order valence-electron chi connectivity index (χ2n) is 4.44. The number of unbranched alkanes of at least 4 members (excludes halogenated alkanes) is 1. The van der Waals surface area contributed by atoms with Crippen molar-refractivity contribution >= 4 is 5.97 Å². The van der Waals surface area contributed by atoms with Gasteiger partial charge >= 0.3 is 5.97 Å². The average molecular weight is 240 g/mol. The Morgan fingerprint density at radius 3 is 2.59 bits per heavy atom. The minimum absolute atomic E-state index is 0.0216. The highest BCUT2D eigenvalue weighted by atomic mass is 16.4. The van der Waals surface area contributed by atoms with Crippen molar-refractivity contribution < 1.29 is 20.1 Å². The molecule has 0 aliphatic heterocycles. The molecule has 0 aromatic heterocycles. The summed E-state index contributed by atoms with van der Waals surface area (Å²) in [5.74, 6) is -2.05. The Morgan fingerprint density at radius 2 is 2.12 bits per heavy atom. The van der Waals surface area contributed by atoms with Gasteiger partial charge in [0.15, 0.2) is 5.60 Å². The molecule has 96 valence electrons. The van der Waals surface area contributed by atoms with Gasteiger partial charge in [-0.05, 0) is 30.9 Å². The highest BCUT2D eigenvalue weighted by Crippen LogP contribution is 2.36. The molecule has 0 saturated heterocycles. The van der Waals surface area contributed by atoms with Crippen LogP contribution < -0.4 is 0 Å². The molecule has 3 N–H and O–H groups in total. The summed E-state index contributed by atoms with van der Waals surface area (Å²) in [5, 5.41) is 29.1. The molecular formula is C13H20O4.